The zero-order valence-electron chi connectivity index (χ0n) is 29.0. The highest BCUT2D eigenvalue weighted by Gasteiger charge is 2.36. The number of nitrogens with zero attached hydrogens (tertiary/aromatic N) is 4. The summed E-state index contributed by atoms with van der Waals surface area (Å²) < 4.78 is 2.40. The number of hydrogen-bond acceptors (Lipinski definition) is 3. The van der Waals surface area contributed by atoms with Crippen molar-refractivity contribution in [1.82, 2.24) is 19.5 Å². The fourth-order valence-corrected chi connectivity index (χ4v) is 8.09. The Morgan fingerprint density at radius 2 is 0.981 bits per heavy atom. The highest BCUT2D eigenvalue weighted by Crippen LogP contribution is 2.51. The zero-order valence-corrected chi connectivity index (χ0v) is 29.0. The molecular weight excluding hydrogens is 633 g/mol. The third kappa shape index (κ3) is 4.72. The molecule has 0 spiro atoms. The molecule has 2 aromatic heterocycles. The predicted octanol–water partition coefficient (Wildman–Crippen LogP) is 11.9. The van der Waals surface area contributed by atoms with Crippen molar-refractivity contribution in [3.05, 3.63) is 181 Å². The molecule has 52 heavy (non-hydrogen) atoms. The van der Waals surface area contributed by atoms with Gasteiger partial charge in [-0.25, -0.2) is 15.0 Å². The molecule has 10 rings (SSSR count). The molecule has 0 amide bonds. The molecule has 4 nitrogen and oxygen atoms in total. The molecule has 1 aliphatic rings. The maximum atomic E-state index is 5.24. The Bertz CT molecular complexity index is 2810. The molecule has 0 saturated heterocycles. The first-order chi connectivity index (χ1) is 25.5. The Kier molecular flexibility index (Phi) is 6.80. The summed E-state index contributed by atoms with van der Waals surface area (Å²) in [7, 11) is 0. The van der Waals surface area contributed by atoms with Crippen LogP contribution in [0.25, 0.3) is 83.9 Å². The molecule has 246 valence electrons. The minimum Gasteiger partial charge on any atom is -0.308 e. The normalized spacial score (nSPS) is 13.0. The van der Waals surface area contributed by atoms with E-state index >= 15 is 0 Å². The van der Waals surface area contributed by atoms with Gasteiger partial charge in [-0.2, -0.15) is 0 Å². The second-order valence-electron chi connectivity index (χ2n) is 14.1. The van der Waals surface area contributed by atoms with E-state index in [1.807, 2.05) is 24.3 Å². The van der Waals surface area contributed by atoms with Crippen molar-refractivity contribution in [2.24, 2.45) is 0 Å². The van der Waals surface area contributed by atoms with Crippen molar-refractivity contribution in [2.75, 3.05) is 0 Å². The lowest BCUT2D eigenvalue weighted by Crippen LogP contribution is -2.15. The minimum absolute atomic E-state index is 0.122. The molecular formula is C48H34N4. The summed E-state index contributed by atoms with van der Waals surface area (Å²) >= 11 is 0. The Morgan fingerprint density at radius 1 is 0.385 bits per heavy atom. The van der Waals surface area contributed by atoms with Crippen molar-refractivity contribution in [1.29, 1.82) is 0 Å². The van der Waals surface area contributed by atoms with Crippen molar-refractivity contribution in [3.63, 3.8) is 0 Å². The van der Waals surface area contributed by atoms with Gasteiger partial charge in [-0.15, -0.1) is 0 Å². The van der Waals surface area contributed by atoms with E-state index in [1.165, 1.54) is 38.5 Å². The fraction of sp³-hybridized carbons (Fsp3) is 0.0625. The van der Waals surface area contributed by atoms with Gasteiger partial charge in [0.1, 0.15) is 0 Å². The number of benzene rings is 7. The van der Waals surface area contributed by atoms with E-state index in [0.29, 0.717) is 17.5 Å². The standard InChI is InChI=1S/C48H34N4/c1-48(2)40-25-12-9-22-35(40)38-29-39-36-23-10-13-26-42(36)52(44(39)30-41(38)48)43-27-14-11-24-37(43)47-50-45(32-18-7-4-8-19-32)49-46(51-47)34-21-15-20-33(28-34)31-16-5-3-6-17-31/h3-30H,1-2H3. The average Bonchev–Trinajstić information content (AvgIpc) is 3.65. The van der Waals surface area contributed by atoms with Gasteiger partial charge >= 0.3 is 0 Å². The lowest BCUT2D eigenvalue weighted by atomic mass is 9.82. The van der Waals surface area contributed by atoms with Gasteiger partial charge in [0, 0.05) is 32.9 Å². The third-order valence-corrected chi connectivity index (χ3v) is 10.7. The van der Waals surface area contributed by atoms with Crippen LogP contribution in [0.2, 0.25) is 0 Å². The topological polar surface area (TPSA) is 43.6 Å². The van der Waals surface area contributed by atoms with Gasteiger partial charge in [0.05, 0.1) is 16.7 Å². The molecule has 0 aliphatic heterocycles. The SMILES string of the molecule is CC1(C)c2ccccc2-c2cc3c4ccccc4n(-c4ccccc4-c4nc(-c5ccccc5)nc(-c5cccc(-c6ccccc6)c5)n4)c3cc21. The van der Waals surface area contributed by atoms with Crippen LogP contribution in [0.15, 0.2) is 170 Å². The summed E-state index contributed by atoms with van der Waals surface area (Å²) in [5, 5.41) is 2.45. The number of fused-ring (bicyclic) bond motifs is 6. The van der Waals surface area contributed by atoms with Gasteiger partial charge in [-0.05, 0) is 69.8 Å². The van der Waals surface area contributed by atoms with Crippen LogP contribution in [-0.4, -0.2) is 19.5 Å². The van der Waals surface area contributed by atoms with E-state index in [1.54, 1.807) is 0 Å². The molecule has 7 aromatic carbocycles. The van der Waals surface area contributed by atoms with E-state index in [-0.39, 0.29) is 5.41 Å². The van der Waals surface area contributed by atoms with Gasteiger partial charge in [-0.3, -0.25) is 0 Å². The van der Waals surface area contributed by atoms with Gasteiger partial charge in [-0.1, -0.05) is 147 Å². The van der Waals surface area contributed by atoms with Gasteiger partial charge in [0.15, 0.2) is 17.5 Å². The summed E-state index contributed by atoms with van der Waals surface area (Å²) in [4.78, 5) is 15.5. The van der Waals surface area contributed by atoms with Crippen LogP contribution in [0.3, 0.4) is 0 Å². The number of aromatic nitrogens is 4. The van der Waals surface area contributed by atoms with Crippen LogP contribution >= 0.6 is 0 Å². The molecule has 0 bridgehead atoms. The zero-order chi connectivity index (χ0) is 34.8. The fourth-order valence-electron chi connectivity index (χ4n) is 8.09. The van der Waals surface area contributed by atoms with E-state index in [9.17, 15) is 0 Å². The second kappa shape index (κ2) is 11.7. The molecule has 0 N–H and O–H groups in total. The van der Waals surface area contributed by atoms with E-state index < -0.39 is 0 Å². The number of hydrogen-bond donors (Lipinski definition) is 0. The molecule has 4 heteroatoms. The van der Waals surface area contributed by atoms with Crippen LogP contribution in [0.4, 0.5) is 0 Å². The van der Waals surface area contributed by atoms with Gasteiger partial charge in [0.2, 0.25) is 0 Å². The lowest BCUT2D eigenvalue weighted by Gasteiger charge is -2.22. The van der Waals surface area contributed by atoms with Crippen LogP contribution in [-0.2, 0) is 5.41 Å². The summed E-state index contributed by atoms with van der Waals surface area (Å²) in [5.41, 5.74) is 13.7. The lowest BCUT2D eigenvalue weighted by molar-refractivity contribution is 0.661. The first kappa shape index (κ1) is 30.2. The number of rotatable bonds is 5. The Balaban J connectivity index is 1.21. The smallest absolute Gasteiger partial charge is 0.166 e. The van der Waals surface area contributed by atoms with Crippen LogP contribution in [0.1, 0.15) is 25.0 Å². The first-order valence-corrected chi connectivity index (χ1v) is 17.8. The van der Waals surface area contributed by atoms with Gasteiger partial charge in [0.25, 0.3) is 0 Å². The first-order valence-electron chi connectivity index (χ1n) is 17.8. The van der Waals surface area contributed by atoms with Crippen molar-refractivity contribution in [2.45, 2.75) is 19.3 Å². The molecule has 0 fully saturated rings. The Hall–Kier alpha value is -6.65. The Morgan fingerprint density at radius 3 is 1.79 bits per heavy atom. The van der Waals surface area contributed by atoms with Crippen LogP contribution < -0.4 is 0 Å². The number of para-hydroxylation sites is 2. The summed E-state index contributed by atoms with van der Waals surface area (Å²) in [6, 6.07) is 60.0. The minimum atomic E-state index is -0.122. The predicted molar refractivity (Wildman–Crippen MR) is 213 cm³/mol. The molecule has 9 aromatic rings. The van der Waals surface area contributed by atoms with E-state index in [4.69, 9.17) is 15.0 Å². The third-order valence-electron chi connectivity index (χ3n) is 10.7. The van der Waals surface area contributed by atoms with Crippen LogP contribution in [0.5, 0.6) is 0 Å². The molecule has 0 unspecified atom stereocenters. The molecule has 0 saturated carbocycles. The van der Waals surface area contributed by atoms with E-state index in [0.717, 1.165) is 39.0 Å². The second-order valence-corrected chi connectivity index (χ2v) is 14.1. The largest absolute Gasteiger partial charge is 0.308 e. The molecule has 0 atom stereocenters. The van der Waals surface area contributed by atoms with Crippen molar-refractivity contribution < 1.29 is 0 Å². The summed E-state index contributed by atoms with van der Waals surface area (Å²) in [6.45, 7) is 4.68. The summed E-state index contributed by atoms with van der Waals surface area (Å²) in [5.74, 6) is 1.90. The van der Waals surface area contributed by atoms with Crippen molar-refractivity contribution in [3.8, 4) is 62.1 Å². The maximum absolute atomic E-state index is 5.24. The molecule has 2 heterocycles. The Labute approximate surface area is 302 Å². The van der Waals surface area contributed by atoms with Gasteiger partial charge < -0.3 is 4.57 Å². The highest BCUT2D eigenvalue weighted by molar-refractivity contribution is 6.12. The average molecular weight is 667 g/mol. The molecule has 1 aliphatic carbocycles. The van der Waals surface area contributed by atoms with Crippen molar-refractivity contribution >= 4 is 21.8 Å². The van der Waals surface area contributed by atoms with E-state index in [2.05, 4.69) is 164 Å². The van der Waals surface area contributed by atoms with Crippen LogP contribution in [0, 0.1) is 0 Å². The summed E-state index contributed by atoms with van der Waals surface area (Å²) in [6.07, 6.45) is 0. The molecule has 0 radical (unpaired) electrons. The highest BCUT2D eigenvalue weighted by atomic mass is 15.1. The monoisotopic (exact) mass is 666 g/mol. The maximum Gasteiger partial charge on any atom is 0.166 e. The quantitative estimate of drug-likeness (QED) is 0.184.